The molecule has 0 saturated carbocycles. The standard InChI is InChI=1S/C32H43N7O3/c1-23-21-38(12-13-42-23)26-8-11-37(22-26)9-5-10-39(27-14-28(40-3)17-29(15-27)41-4)25-6-7-30-31(16-25)36-32(20-35-30)24(18-33)19-34-2/h6-7,14-20,23-24,26,33H,5,8-13,21-22H2,1-4H3. The van der Waals surface area contributed by atoms with Crippen molar-refractivity contribution in [2.45, 2.75) is 37.8 Å². The lowest BCUT2D eigenvalue weighted by Crippen LogP contribution is -2.47. The quantitative estimate of drug-likeness (QED) is 0.318. The lowest BCUT2D eigenvalue weighted by Gasteiger charge is -2.35. The summed E-state index contributed by atoms with van der Waals surface area (Å²) in [5, 5.41) is 7.81. The molecule has 2 fully saturated rings. The fourth-order valence-corrected chi connectivity index (χ4v) is 6.01. The van der Waals surface area contributed by atoms with Crippen LogP contribution in [-0.2, 0) is 4.74 Å². The molecule has 0 amide bonds. The van der Waals surface area contributed by atoms with Crippen LogP contribution in [0.4, 0.5) is 11.4 Å². The predicted molar refractivity (Wildman–Crippen MR) is 168 cm³/mol. The van der Waals surface area contributed by atoms with E-state index in [2.05, 4.69) is 43.7 Å². The van der Waals surface area contributed by atoms with Crippen LogP contribution in [0.25, 0.3) is 11.0 Å². The smallest absolute Gasteiger partial charge is 0.124 e. The summed E-state index contributed by atoms with van der Waals surface area (Å²) in [6, 6.07) is 12.8. The summed E-state index contributed by atoms with van der Waals surface area (Å²) in [7, 11) is 5.05. The molecule has 10 heteroatoms. The van der Waals surface area contributed by atoms with Crippen LogP contribution < -0.4 is 14.4 Å². The van der Waals surface area contributed by atoms with Crippen molar-refractivity contribution < 1.29 is 14.2 Å². The van der Waals surface area contributed by atoms with Gasteiger partial charge in [-0.2, -0.15) is 0 Å². The highest BCUT2D eigenvalue weighted by molar-refractivity contribution is 5.89. The minimum Gasteiger partial charge on any atom is -0.497 e. The average molecular weight is 574 g/mol. The van der Waals surface area contributed by atoms with Gasteiger partial charge in [0.05, 0.1) is 55.8 Å². The minimum atomic E-state index is -0.306. The SMILES string of the molecule is CN=CC(C=N)c1cnc2ccc(N(CCCN3CCC(N4CCOC(C)C4)C3)c3cc(OC)cc(OC)c3)cc2n1. The maximum atomic E-state index is 7.81. The van der Waals surface area contributed by atoms with Gasteiger partial charge in [-0.15, -0.1) is 0 Å². The van der Waals surface area contributed by atoms with Crippen molar-refractivity contribution >= 4 is 34.8 Å². The molecule has 0 bridgehead atoms. The first-order valence-electron chi connectivity index (χ1n) is 14.8. The predicted octanol–water partition coefficient (Wildman–Crippen LogP) is 4.40. The highest BCUT2D eigenvalue weighted by Gasteiger charge is 2.30. The molecule has 1 N–H and O–H groups in total. The molecule has 2 saturated heterocycles. The van der Waals surface area contributed by atoms with E-state index in [9.17, 15) is 0 Å². The Morgan fingerprint density at radius 2 is 1.90 bits per heavy atom. The molecule has 1 aromatic heterocycles. The number of morpholine rings is 1. The molecule has 5 rings (SSSR count). The van der Waals surface area contributed by atoms with Crippen LogP contribution in [0.15, 0.2) is 47.6 Å². The molecular weight excluding hydrogens is 530 g/mol. The number of ether oxygens (including phenoxy) is 3. The average Bonchev–Trinajstić information content (AvgIpc) is 3.50. The van der Waals surface area contributed by atoms with Gasteiger partial charge in [-0.05, 0) is 51.1 Å². The third-order valence-electron chi connectivity index (χ3n) is 8.23. The van der Waals surface area contributed by atoms with Gasteiger partial charge in [0.1, 0.15) is 11.5 Å². The van der Waals surface area contributed by atoms with Crippen molar-refractivity contribution in [3.05, 3.63) is 48.3 Å². The molecule has 2 aliphatic heterocycles. The van der Waals surface area contributed by atoms with Gasteiger partial charge in [0.2, 0.25) is 0 Å². The third-order valence-corrected chi connectivity index (χ3v) is 8.23. The van der Waals surface area contributed by atoms with E-state index in [1.807, 2.05) is 24.3 Å². The van der Waals surface area contributed by atoms with Crippen molar-refractivity contribution in [1.29, 1.82) is 5.41 Å². The number of aromatic nitrogens is 2. The molecule has 3 heterocycles. The first kappa shape index (κ1) is 29.9. The number of nitrogens with one attached hydrogen (secondary N) is 1. The zero-order valence-corrected chi connectivity index (χ0v) is 25.2. The Hall–Kier alpha value is -3.60. The number of fused-ring (bicyclic) bond motifs is 1. The van der Waals surface area contributed by atoms with Gasteiger partial charge >= 0.3 is 0 Å². The van der Waals surface area contributed by atoms with Gasteiger partial charge in [-0.3, -0.25) is 14.9 Å². The third kappa shape index (κ3) is 7.06. The molecule has 3 unspecified atom stereocenters. The van der Waals surface area contributed by atoms with Crippen molar-refractivity contribution in [2.75, 3.05) is 72.0 Å². The Balaban J connectivity index is 1.37. The monoisotopic (exact) mass is 573 g/mol. The van der Waals surface area contributed by atoms with E-state index >= 15 is 0 Å². The number of hydrogen-bond acceptors (Lipinski definition) is 10. The van der Waals surface area contributed by atoms with E-state index in [1.165, 1.54) is 12.6 Å². The number of hydrogen-bond donors (Lipinski definition) is 1. The van der Waals surface area contributed by atoms with Gasteiger partial charge in [0.15, 0.2) is 0 Å². The second kappa shape index (κ2) is 14.0. The summed E-state index contributed by atoms with van der Waals surface area (Å²) < 4.78 is 17.0. The molecule has 2 aliphatic rings. The van der Waals surface area contributed by atoms with Crippen LogP contribution in [0.2, 0.25) is 0 Å². The number of nitrogens with zero attached hydrogens (tertiary/aromatic N) is 6. The Kier molecular flexibility index (Phi) is 9.99. The van der Waals surface area contributed by atoms with Crippen LogP contribution in [0, 0.1) is 5.41 Å². The fourth-order valence-electron chi connectivity index (χ4n) is 6.01. The van der Waals surface area contributed by atoms with Gasteiger partial charge in [0.25, 0.3) is 0 Å². The fraction of sp³-hybridized carbons (Fsp3) is 0.500. The first-order valence-corrected chi connectivity index (χ1v) is 14.8. The van der Waals surface area contributed by atoms with Crippen molar-refractivity contribution in [2.24, 2.45) is 4.99 Å². The van der Waals surface area contributed by atoms with E-state index < -0.39 is 0 Å². The molecule has 224 valence electrons. The van der Waals surface area contributed by atoms with Crippen molar-refractivity contribution in [3.63, 3.8) is 0 Å². The molecular formula is C32H43N7O3. The lowest BCUT2D eigenvalue weighted by atomic mass is 10.1. The molecule has 10 nitrogen and oxygen atoms in total. The number of rotatable bonds is 12. The highest BCUT2D eigenvalue weighted by atomic mass is 16.5. The normalized spacial score (nSPS) is 20.7. The molecule has 3 atom stereocenters. The van der Waals surface area contributed by atoms with Crippen LogP contribution in [0.5, 0.6) is 11.5 Å². The maximum Gasteiger partial charge on any atom is 0.124 e. The zero-order valence-electron chi connectivity index (χ0n) is 25.2. The molecule has 0 radical (unpaired) electrons. The van der Waals surface area contributed by atoms with Crippen LogP contribution in [-0.4, -0.2) is 111 Å². The number of likely N-dealkylation sites (tertiary alicyclic amines) is 1. The summed E-state index contributed by atoms with van der Waals surface area (Å²) in [4.78, 5) is 21.1. The van der Waals surface area contributed by atoms with Crippen LogP contribution >= 0.6 is 0 Å². The van der Waals surface area contributed by atoms with E-state index in [0.29, 0.717) is 17.8 Å². The Morgan fingerprint density at radius 1 is 1.10 bits per heavy atom. The van der Waals surface area contributed by atoms with Gasteiger partial charge in [-0.1, -0.05) is 0 Å². The summed E-state index contributed by atoms with van der Waals surface area (Å²) in [6.45, 7) is 9.17. The molecule has 0 aliphatic carbocycles. The van der Waals surface area contributed by atoms with E-state index in [0.717, 1.165) is 86.2 Å². The lowest BCUT2D eigenvalue weighted by molar-refractivity contribution is -0.0324. The molecule has 3 aromatic rings. The van der Waals surface area contributed by atoms with Crippen LogP contribution in [0.1, 0.15) is 31.4 Å². The Morgan fingerprint density at radius 3 is 2.62 bits per heavy atom. The van der Waals surface area contributed by atoms with Gasteiger partial charge in [0, 0.05) is 81.3 Å². The van der Waals surface area contributed by atoms with Crippen molar-refractivity contribution in [3.8, 4) is 11.5 Å². The molecule has 42 heavy (non-hydrogen) atoms. The first-order chi connectivity index (χ1) is 20.5. The topological polar surface area (TPSA) is 99.4 Å². The van der Waals surface area contributed by atoms with E-state index in [1.54, 1.807) is 33.7 Å². The largest absolute Gasteiger partial charge is 0.497 e. The van der Waals surface area contributed by atoms with E-state index in [4.69, 9.17) is 24.6 Å². The maximum absolute atomic E-state index is 7.81. The minimum absolute atomic E-state index is 0.306. The summed E-state index contributed by atoms with van der Waals surface area (Å²) >= 11 is 0. The molecule has 0 spiro atoms. The van der Waals surface area contributed by atoms with Crippen molar-refractivity contribution in [1.82, 2.24) is 19.8 Å². The number of methoxy groups -OCH3 is 2. The van der Waals surface area contributed by atoms with Gasteiger partial charge in [-0.25, -0.2) is 4.98 Å². The van der Waals surface area contributed by atoms with Gasteiger partial charge < -0.3 is 29.4 Å². The Labute approximate surface area is 248 Å². The Bertz CT molecular complexity index is 1360. The zero-order chi connectivity index (χ0) is 29.5. The number of anilines is 2. The summed E-state index contributed by atoms with van der Waals surface area (Å²) in [6.07, 6.45) is 7.31. The second-order valence-corrected chi connectivity index (χ2v) is 11.1. The second-order valence-electron chi connectivity index (χ2n) is 11.1. The van der Waals surface area contributed by atoms with Crippen LogP contribution in [0.3, 0.4) is 0 Å². The number of benzene rings is 2. The highest BCUT2D eigenvalue weighted by Crippen LogP contribution is 2.34. The van der Waals surface area contributed by atoms with E-state index in [-0.39, 0.29) is 5.92 Å². The number of aliphatic imine (C=N–C) groups is 1. The summed E-state index contributed by atoms with van der Waals surface area (Å²) in [5.41, 5.74) is 4.30. The summed E-state index contributed by atoms with van der Waals surface area (Å²) in [5.74, 6) is 1.18. The molecule has 2 aromatic carbocycles.